The highest BCUT2D eigenvalue weighted by atomic mass is 35.5. The van der Waals surface area contributed by atoms with Gasteiger partial charge in [-0.2, -0.15) is 0 Å². The van der Waals surface area contributed by atoms with Crippen molar-refractivity contribution in [2.45, 2.75) is 26.8 Å². The molecule has 0 aromatic carbocycles. The van der Waals surface area contributed by atoms with Gasteiger partial charge in [-0.05, 0) is 12.8 Å². The van der Waals surface area contributed by atoms with E-state index in [0.29, 0.717) is 17.6 Å². The van der Waals surface area contributed by atoms with Gasteiger partial charge < -0.3 is 15.4 Å². The van der Waals surface area contributed by atoms with Gasteiger partial charge in [0, 0.05) is 6.54 Å². The van der Waals surface area contributed by atoms with Crippen molar-refractivity contribution in [3.63, 3.8) is 0 Å². The fraction of sp³-hybridized carbons (Fsp3) is 0.583. The number of methoxy groups -OCH3 is 1. The van der Waals surface area contributed by atoms with Gasteiger partial charge in [-0.1, -0.05) is 36.8 Å². The molecular weight excluding hydrogens is 302 g/mol. The predicted molar refractivity (Wildman–Crippen MR) is 79.4 cm³/mol. The Bertz CT molecular complexity index is 490. The monoisotopic (exact) mass is 319 g/mol. The average Bonchev–Trinajstić information content (AvgIpc) is 2.75. The Morgan fingerprint density at radius 1 is 1.40 bits per heavy atom. The zero-order chi connectivity index (χ0) is 15.3. The number of halogens is 1. The van der Waals surface area contributed by atoms with Gasteiger partial charge in [0.15, 0.2) is 15.2 Å². The minimum Gasteiger partial charge on any atom is -0.465 e. The van der Waals surface area contributed by atoms with E-state index in [1.807, 2.05) is 13.8 Å². The molecule has 0 saturated heterocycles. The van der Waals surface area contributed by atoms with E-state index in [2.05, 4.69) is 20.4 Å². The third-order valence-electron chi connectivity index (χ3n) is 2.37. The fourth-order valence-electron chi connectivity index (χ4n) is 1.29. The highest BCUT2D eigenvalue weighted by molar-refractivity contribution is 7.18. The summed E-state index contributed by atoms with van der Waals surface area (Å²) < 4.78 is 4.59. The Labute approximate surface area is 126 Å². The van der Waals surface area contributed by atoms with Crippen LogP contribution in [0.5, 0.6) is 0 Å². The number of hydrogen-bond donors (Lipinski definition) is 2. The molecule has 0 spiro atoms. The van der Waals surface area contributed by atoms with Crippen LogP contribution in [0.4, 0.5) is 5.13 Å². The summed E-state index contributed by atoms with van der Waals surface area (Å²) >= 11 is 6.90. The molecule has 1 heterocycles. The number of anilines is 1. The zero-order valence-electron chi connectivity index (χ0n) is 11.8. The number of hydrogen-bond acceptors (Lipinski definition) is 6. The van der Waals surface area contributed by atoms with Crippen LogP contribution in [0.15, 0.2) is 0 Å². The highest BCUT2D eigenvalue weighted by Gasteiger charge is 2.20. The van der Waals surface area contributed by atoms with Gasteiger partial charge in [0.2, 0.25) is 5.91 Å². The van der Waals surface area contributed by atoms with E-state index in [1.165, 1.54) is 7.11 Å². The van der Waals surface area contributed by atoms with Crippen molar-refractivity contribution in [1.29, 1.82) is 0 Å². The molecule has 0 saturated carbocycles. The number of rotatable bonds is 6. The number of carbonyl (C=O) groups excluding carboxylic acids is 2. The molecule has 8 heteroatoms. The summed E-state index contributed by atoms with van der Waals surface area (Å²) in [6, 6.07) is -0.471. The Morgan fingerprint density at radius 3 is 2.60 bits per heavy atom. The van der Waals surface area contributed by atoms with E-state index in [9.17, 15) is 9.59 Å². The number of nitrogens with one attached hydrogen (secondary N) is 2. The van der Waals surface area contributed by atoms with Crippen molar-refractivity contribution in [3.8, 4) is 0 Å². The van der Waals surface area contributed by atoms with E-state index in [1.54, 1.807) is 6.92 Å². The van der Waals surface area contributed by atoms with Gasteiger partial charge in [-0.15, -0.1) is 0 Å². The number of nitrogens with zero attached hydrogens (tertiary/aromatic N) is 1. The topological polar surface area (TPSA) is 80.3 Å². The Balaban J connectivity index is 2.64. The van der Waals surface area contributed by atoms with Gasteiger partial charge in [-0.25, -0.2) is 9.78 Å². The Hall–Kier alpha value is -1.34. The molecule has 6 nitrogen and oxygen atoms in total. The van der Waals surface area contributed by atoms with Crippen molar-refractivity contribution >= 4 is 39.9 Å². The number of thiazole rings is 1. The molecule has 112 valence electrons. The van der Waals surface area contributed by atoms with Crippen molar-refractivity contribution in [1.82, 2.24) is 10.3 Å². The minimum absolute atomic E-state index is 0.0686. The van der Waals surface area contributed by atoms with E-state index < -0.39 is 12.0 Å². The smallest absolute Gasteiger partial charge is 0.351 e. The molecular formula is C12H18ClN3O3S. The van der Waals surface area contributed by atoms with Gasteiger partial charge in [0.05, 0.1) is 7.11 Å². The van der Waals surface area contributed by atoms with Gasteiger partial charge in [0.1, 0.15) is 6.04 Å². The molecule has 0 fully saturated rings. The lowest BCUT2D eigenvalue weighted by Crippen LogP contribution is -2.39. The predicted octanol–water partition coefficient (Wildman–Crippen LogP) is 2.16. The van der Waals surface area contributed by atoms with E-state index in [-0.39, 0.29) is 15.9 Å². The molecule has 1 aromatic heterocycles. The third-order valence-corrected chi connectivity index (χ3v) is 3.73. The number of carbonyl (C=O) groups is 2. The summed E-state index contributed by atoms with van der Waals surface area (Å²) in [6.07, 6.45) is 0. The summed E-state index contributed by atoms with van der Waals surface area (Å²) in [5.74, 6) is -0.298. The van der Waals surface area contributed by atoms with Gasteiger partial charge in [0.25, 0.3) is 0 Å². The van der Waals surface area contributed by atoms with Crippen LogP contribution in [0, 0.1) is 5.92 Å². The Kier molecular flexibility index (Phi) is 6.22. The molecule has 1 aromatic rings. The first-order chi connectivity index (χ1) is 9.35. The molecule has 0 bridgehead atoms. The molecule has 1 rings (SSSR count). The van der Waals surface area contributed by atoms with E-state index in [0.717, 1.165) is 11.3 Å². The summed E-state index contributed by atoms with van der Waals surface area (Å²) in [6.45, 7) is 6.35. The third kappa shape index (κ3) is 4.64. The Morgan fingerprint density at radius 2 is 2.05 bits per heavy atom. The second-order valence-corrected chi connectivity index (χ2v) is 5.99. The van der Waals surface area contributed by atoms with Crippen molar-refractivity contribution < 1.29 is 14.3 Å². The lowest BCUT2D eigenvalue weighted by Gasteiger charge is -2.14. The maximum absolute atomic E-state index is 11.8. The van der Waals surface area contributed by atoms with E-state index in [4.69, 9.17) is 11.6 Å². The molecule has 1 atom stereocenters. The van der Waals surface area contributed by atoms with E-state index >= 15 is 0 Å². The molecule has 1 unspecified atom stereocenters. The van der Waals surface area contributed by atoms with Gasteiger partial charge >= 0.3 is 5.97 Å². The molecule has 20 heavy (non-hydrogen) atoms. The molecule has 2 N–H and O–H groups in total. The van der Waals surface area contributed by atoms with Crippen LogP contribution in [-0.4, -0.2) is 36.6 Å². The van der Waals surface area contributed by atoms with Crippen LogP contribution in [0.1, 0.15) is 30.4 Å². The lowest BCUT2D eigenvalue weighted by atomic mass is 10.2. The SMILES string of the molecule is COC(=O)c1sc(NC(C)C(=O)NCC(C)C)nc1Cl. The fourth-order valence-corrected chi connectivity index (χ4v) is 2.48. The molecule has 0 aliphatic carbocycles. The van der Waals surface area contributed by atoms with Crippen LogP contribution >= 0.6 is 22.9 Å². The largest absolute Gasteiger partial charge is 0.465 e. The van der Waals surface area contributed by atoms with Crippen LogP contribution in [0.25, 0.3) is 0 Å². The van der Waals surface area contributed by atoms with Crippen molar-refractivity contribution in [3.05, 3.63) is 10.0 Å². The first-order valence-electron chi connectivity index (χ1n) is 6.14. The second kappa shape index (κ2) is 7.44. The quantitative estimate of drug-likeness (QED) is 0.785. The number of esters is 1. The van der Waals surface area contributed by atoms with Crippen LogP contribution in [0.3, 0.4) is 0 Å². The van der Waals surface area contributed by atoms with Crippen LogP contribution in [-0.2, 0) is 9.53 Å². The van der Waals surface area contributed by atoms with Crippen molar-refractivity contribution in [2.75, 3.05) is 19.0 Å². The normalized spacial score (nSPS) is 12.1. The molecule has 0 radical (unpaired) electrons. The standard InChI is InChI=1S/C12H18ClN3O3S/c1-6(2)5-14-10(17)7(3)15-12-16-9(13)8(20-12)11(18)19-4/h6-7H,5H2,1-4H3,(H,14,17)(H,15,16). The maximum Gasteiger partial charge on any atom is 0.351 e. The van der Waals surface area contributed by atoms with Gasteiger partial charge in [-0.3, -0.25) is 4.79 Å². The lowest BCUT2D eigenvalue weighted by molar-refractivity contribution is -0.121. The summed E-state index contributed by atoms with van der Waals surface area (Å²) in [4.78, 5) is 27.4. The number of aromatic nitrogens is 1. The average molecular weight is 320 g/mol. The maximum atomic E-state index is 11.8. The number of ether oxygens (including phenoxy) is 1. The van der Waals surface area contributed by atoms with Crippen molar-refractivity contribution in [2.24, 2.45) is 5.92 Å². The van der Waals surface area contributed by atoms with Crippen LogP contribution < -0.4 is 10.6 Å². The zero-order valence-corrected chi connectivity index (χ0v) is 13.4. The highest BCUT2D eigenvalue weighted by Crippen LogP contribution is 2.27. The first kappa shape index (κ1) is 16.7. The van der Waals surface area contributed by atoms with Crippen LogP contribution in [0.2, 0.25) is 5.15 Å². The molecule has 1 amide bonds. The molecule has 0 aliphatic heterocycles. The number of amides is 1. The first-order valence-corrected chi connectivity index (χ1v) is 7.33. The second-order valence-electron chi connectivity index (χ2n) is 4.64. The molecule has 0 aliphatic rings. The summed E-state index contributed by atoms with van der Waals surface area (Å²) in [5.41, 5.74) is 0. The summed E-state index contributed by atoms with van der Waals surface area (Å²) in [7, 11) is 1.27. The summed E-state index contributed by atoms with van der Waals surface area (Å²) in [5, 5.41) is 6.19. The minimum atomic E-state index is -0.544.